The Hall–Kier alpha value is -4.75. The molecule has 1 aromatic carbocycles. The van der Waals surface area contributed by atoms with Gasteiger partial charge in [0.15, 0.2) is 5.83 Å². The van der Waals surface area contributed by atoms with E-state index in [0.29, 0.717) is 35.4 Å². The summed E-state index contributed by atoms with van der Waals surface area (Å²) in [7, 11) is 1.57. The molecule has 0 bridgehead atoms. The van der Waals surface area contributed by atoms with Gasteiger partial charge in [-0.15, -0.1) is 0 Å². The summed E-state index contributed by atoms with van der Waals surface area (Å²) >= 11 is 0. The first-order valence-corrected chi connectivity index (χ1v) is 12.7. The van der Waals surface area contributed by atoms with Crippen molar-refractivity contribution in [3.63, 3.8) is 0 Å². The van der Waals surface area contributed by atoms with Crippen molar-refractivity contribution in [2.45, 2.75) is 18.3 Å². The molecule has 5 heterocycles. The van der Waals surface area contributed by atoms with E-state index >= 15 is 0 Å². The number of likely N-dealkylation sites (tertiary alicyclic amines) is 2. The van der Waals surface area contributed by atoms with Gasteiger partial charge in [0.25, 0.3) is 5.91 Å². The Labute approximate surface area is 230 Å². The van der Waals surface area contributed by atoms with Crippen LogP contribution in [0, 0.1) is 0 Å². The lowest BCUT2D eigenvalue weighted by atomic mass is 10.0. The average molecular weight is 569 g/mol. The molecule has 1 N–H and O–H groups in total. The minimum Gasteiger partial charge on any atom is -0.341 e. The van der Waals surface area contributed by atoms with E-state index in [9.17, 15) is 27.2 Å². The zero-order chi connectivity index (χ0) is 29.1. The van der Waals surface area contributed by atoms with Crippen LogP contribution in [0.15, 0.2) is 61.3 Å². The lowest BCUT2D eigenvalue weighted by Gasteiger charge is -2.39. The lowest BCUT2D eigenvalue weighted by molar-refractivity contribution is -0.137. The van der Waals surface area contributed by atoms with Crippen molar-refractivity contribution in [2.75, 3.05) is 33.2 Å². The second-order valence-electron chi connectivity index (χ2n) is 10.0. The minimum atomic E-state index is -4.48. The predicted octanol–water partition coefficient (Wildman–Crippen LogP) is 4.04. The van der Waals surface area contributed by atoms with Crippen molar-refractivity contribution in [3.8, 4) is 22.4 Å². The first kappa shape index (κ1) is 26.5. The number of carbonyl (C=O) groups excluding carboxylic acids is 2. The molecule has 14 heteroatoms. The summed E-state index contributed by atoms with van der Waals surface area (Å²) in [6.45, 7) is 4.44. The molecule has 2 fully saturated rings. The largest absolute Gasteiger partial charge is 0.416 e. The third kappa shape index (κ3) is 4.58. The van der Waals surface area contributed by atoms with Gasteiger partial charge in [0.05, 0.1) is 29.4 Å². The number of nitrogens with zero attached hydrogens (tertiary/aromatic N) is 7. The highest BCUT2D eigenvalue weighted by Crippen LogP contribution is 2.38. The molecule has 41 heavy (non-hydrogen) atoms. The quantitative estimate of drug-likeness (QED) is 0.289. The van der Waals surface area contributed by atoms with Gasteiger partial charge in [-0.3, -0.25) is 19.1 Å². The molecule has 2 saturated heterocycles. The molecule has 4 aromatic rings. The zero-order valence-corrected chi connectivity index (χ0v) is 21.8. The molecule has 6 rings (SSSR count). The van der Waals surface area contributed by atoms with E-state index in [1.165, 1.54) is 17.0 Å². The lowest BCUT2D eigenvalue weighted by Crippen LogP contribution is -2.53. The molecule has 212 valence electrons. The summed E-state index contributed by atoms with van der Waals surface area (Å²) in [6, 6.07) is 5.99. The average Bonchev–Trinajstić information content (AvgIpc) is 3.52. The van der Waals surface area contributed by atoms with Gasteiger partial charge in [0.1, 0.15) is 11.2 Å². The fraction of sp³-hybridized carbons (Fsp3) is 0.296. The summed E-state index contributed by atoms with van der Waals surface area (Å²) in [5, 5.41) is 11.8. The fourth-order valence-corrected chi connectivity index (χ4v) is 5.14. The Morgan fingerprint density at radius 3 is 2.32 bits per heavy atom. The molecule has 0 atom stereocenters. The number of alkyl halides is 3. The number of fused-ring (bicyclic) bond motifs is 1. The molecule has 3 amide bonds. The number of nitrogens with one attached hydrogen (secondary N) is 1. The highest BCUT2D eigenvalue weighted by Gasteiger charge is 2.37. The second kappa shape index (κ2) is 9.71. The Morgan fingerprint density at radius 1 is 1.00 bits per heavy atom. The van der Waals surface area contributed by atoms with Crippen molar-refractivity contribution in [2.24, 2.45) is 0 Å². The molecule has 0 spiro atoms. The van der Waals surface area contributed by atoms with E-state index in [4.69, 9.17) is 5.10 Å². The smallest absolute Gasteiger partial charge is 0.341 e. The van der Waals surface area contributed by atoms with E-state index in [1.54, 1.807) is 39.8 Å². The van der Waals surface area contributed by atoms with E-state index < -0.39 is 23.5 Å². The number of carbonyl (C=O) groups is 2. The van der Waals surface area contributed by atoms with E-state index in [2.05, 4.69) is 22.0 Å². The summed E-state index contributed by atoms with van der Waals surface area (Å²) in [5.74, 6) is -1.86. The van der Waals surface area contributed by atoms with Crippen LogP contribution < -0.4 is 5.32 Å². The van der Waals surface area contributed by atoms with Crippen molar-refractivity contribution >= 4 is 23.0 Å². The number of pyridine rings is 1. The minimum absolute atomic E-state index is 0.00556. The molecule has 0 radical (unpaired) electrons. The molecule has 0 unspecified atom stereocenters. The highest BCUT2D eigenvalue weighted by molar-refractivity contribution is 5.99. The Balaban J connectivity index is 1.39. The van der Waals surface area contributed by atoms with Crippen molar-refractivity contribution in [3.05, 3.63) is 66.9 Å². The van der Waals surface area contributed by atoms with Gasteiger partial charge in [-0.2, -0.15) is 23.4 Å². The van der Waals surface area contributed by atoms with Gasteiger partial charge in [-0.1, -0.05) is 18.7 Å². The number of hydrogen-bond acceptors (Lipinski definition) is 5. The number of amides is 3. The summed E-state index contributed by atoms with van der Waals surface area (Å²) < 4.78 is 56.5. The van der Waals surface area contributed by atoms with Crippen LogP contribution in [0.5, 0.6) is 0 Å². The van der Waals surface area contributed by atoms with Gasteiger partial charge in [0.2, 0.25) is 0 Å². The first-order valence-electron chi connectivity index (χ1n) is 12.7. The maximum Gasteiger partial charge on any atom is 0.416 e. The van der Waals surface area contributed by atoms with Crippen LogP contribution >= 0.6 is 0 Å². The first-order chi connectivity index (χ1) is 19.5. The molecule has 2 aliphatic heterocycles. The monoisotopic (exact) mass is 568 g/mol. The van der Waals surface area contributed by atoms with E-state index in [0.717, 1.165) is 23.3 Å². The predicted molar refractivity (Wildman–Crippen MR) is 140 cm³/mol. The number of hydrogen-bond donors (Lipinski definition) is 1. The van der Waals surface area contributed by atoms with Crippen LogP contribution in [-0.4, -0.2) is 79.5 Å². The molecule has 0 aliphatic carbocycles. The molecule has 3 aromatic heterocycles. The van der Waals surface area contributed by atoms with E-state index in [1.807, 2.05) is 6.20 Å². The van der Waals surface area contributed by atoms with Gasteiger partial charge >= 0.3 is 12.2 Å². The third-order valence-corrected chi connectivity index (χ3v) is 7.45. The second-order valence-corrected chi connectivity index (χ2v) is 10.0. The Kier molecular flexibility index (Phi) is 6.27. The molecular formula is C27H24F4N8O2. The standard InChI is InChI=1S/C27H24F4N8O2/c1-15(28)25(40)36-13-20(14-36)39-24-21(17-9-34-38(10-17)19-11-37(12-19)26(41)32-2)7-8-33-23(24)22(35-39)16-3-5-18(6-4-16)27(29,30)31/h3-10,19-20H,1,11-14H2,2H3,(H,32,41). The highest BCUT2D eigenvalue weighted by atomic mass is 19.4. The topological polar surface area (TPSA) is 101 Å². The third-order valence-electron chi connectivity index (χ3n) is 7.45. The van der Waals surface area contributed by atoms with Crippen molar-refractivity contribution < 1.29 is 27.2 Å². The SMILES string of the molecule is C=C(F)C(=O)N1CC(n2nc(-c3ccc(C(F)(F)F)cc3)c3nccc(-c4cnn(C5CN(C(=O)NC)C5)c4)c32)C1. The number of urea groups is 1. The fourth-order valence-electron chi connectivity index (χ4n) is 5.14. The summed E-state index contributed by atoms with van der Waals surface area (Å²) in [6.07, 6.45) is 0.663. The van der Waals surface area contributed by atoms with Gasteiger partial charge in [-0.25, -0.2) is 9.18 Å². The summed E-state index contributed by atoms with van der Waals surface area (Å²) in [5.41, 5.74) is 2.59. The Bertz CT molecular complexity index is 1660. The van der Waals surface area contributed by atoms with Gasteiger partial charge in [0, 0.05) is 62.3 Å². The number of aromatic nitrogens is 5. The van der Waals surface area contributed by atoms with E-state index in [-0.39, 0.29) is 31.2 Å². The Morgan fingerprint density at radius 2 is 1.68 bits per heavy atom. The number of benzene rings is 1. The molecule has 2 aliphatic rings. The molecular weight excluding hydrogens is 544 g/mol. The zero-order valence-electron chi connectivity index (χ0n) is 21.8. The molecule has 0 saturated carbocycles. The molecule has 10 nitrogen and oxygen atoms in total. The van der Waals surface area contributed by atoms with Gasteiger partial charge < -0.3 is 15.1 Å². The van der Waals surface area contributed by atoms with Crippen molar-refractivity contribution in [1.82, 2.24) is 39.7 Å². The van der Waals surface area contributed by atoms with Crippen LogP contribution in [0.25, 0.3) is 33.4 Å². The maximum absolute atomic E-state index is 13.4. The van der Waals surface area contributed by atoms with Crippen LogP contribution in [0.1, 0.15) is 17.6 Å². The maximum atomic E-state index is 13.4. The normalized spacial score (nSPS) is 16.0. The van der Waals surface area contributed by atoms with Crippen LogP contribution in [0.2, 0.25) is 0 Å². The van der Waals surface area contributed by atoms with Crippen LogP contribution in [0.4, 0.5) is 22.4 Å². The van der Waals surface area contributed by atoms with Crippen molar-refractivity contribution in [1.29, 1.82) is 0 Å². The number of rotatable bonds is 5. The van der Waals surface area contributed by atoms with Crippen LogP contribution in [-0.2, 0) is 11.0 Å². The van der Waals surface area contributed by atoms with Gasteiger partial charge in [-0.05, 0) is 18.2 Å². The number of halogens is 4. The summed E-state index contributed by atoms with van der Waals surface area (Å²) in [4.78, 5) is 31.4. The van der Waals surface area contributed by atoms with Crippen LogP contribution in [0.3, 0.4) is 0 Å².